The second kappa shape index (κ2) is 3.14. The number of aryl methyl sites for hydroxylation is 1. The number of thiazole rings is 1. The highest BCUT2D eigenvalue weighted by Crippen LogP contribution is 2.31. The highest BCUT2D eigenvalue weighted by Gasteiger charge is 2.12. The van der Waals surface area contributed by atoms with Crippen LogP contribution in [0.1, 0.15) is 11.3 Å². The maximum atomic E-state index is 10.5. The number of primary amides is 1. The van der Waals surface area contributed by atoms with E-state index < -0.39 is 6.03 Å². The Bertz CT molecular complexity index is 371. The summed E-state index contributed by atoms with van der Waals surface area (Å²) in [6.45, 7) is 0. The Morgan fingerprint density at radius 1 is 1.69 bits per heavy atom. The number of nitrogens with zero attached hydrogens (tertiary/aromatic N) is 2. The van der Waals surface area contributed by atoms with Gasteiger partial charge in [-0.15, -0.1) is 0 Å². The van der Waals surface area contributed by atoms with Gasteiger partial charge in [-0.3, -0.25) is 5.32 Å². The van der Waals surface area contributed by atoms with E-state index in [2.05, 4.69) is 15.3 Å². The molecular formula is C7H8N4OS. The minimum atomic E-state index is -0.588. The predicted octanol–water partition coefficient (Wildman–Crippen LogP) is 1.28. The molecule has 2 amide bonds. The lowest BCUT2D eigenvalue weighted by atomic mass is 10.2. The van der Waals surface area contributed by atoms with E-state index in [0.29, 0.717) is 10.9 Å². The molecule has 0 fully saturated rings. The average Bonchev–Trinajstić information content (AvgIpc) is 2.44. The SMILES string of the molecule is NC(=O)Nc1nc2c(s1)CCC=N2. The van der Waals surface area contributed by atoms with E-state index in [1.54, 1.807) is 0 Å². The van der Waals surface area contributed by atoms with Gasteiger partial charge in [-0.05, 0) is 12.8 Å². The number of nitrogens with two attached hydrogens (primary N) is 1. The summed E-state index contributed by atoms with van der Waals surface area (Å²) in [5.74, 6) is 0.708. The number of rotatable bonds is 1. The molecule has 1 aromatic rings. The fourth-order valence-electron chi connectivity index (χ4n) is 1.11. The molecule has 13 heavy (non-hydrogen) atoms. The van der Waals surface area contributed by atoms with Crippen LogP contribution in [0.15, 0.2) is 4.99 Å². The molecule has 2 heterocycles. The maximum absolute atomic E-state index is 10.5. The van der Waals surface area contributed by atoms with E-state index in [4.69, 9.17) is 5.73 Å². The topological polar surface area (TPSA) is 80.4 Å². The first kappa shape index (κ1) is 8.18. The van der Waals surface area contributed by atoms with Crippen molar-refractivity contribution in [2.45, 2.75) is 12.8 Å². The number of hydrogen-bond donors (Lipinski definition) is 2. The summed E-state index contributed by atoms with van der Waals surface area (Å²) in [5.41, 5.74) is 4.96. The highest BCUT2D eigenvalue weighted by molar-refractivity contribution is 7.16. The number of urea groups is 1. The molecule has 0 radical (unpaired) electrons. The lowest BCUT2D eigenvalue weighted by Crippen LogP contribution is -2.18. The minimum Gasteiger partial charge on any atom is -0.351 e. The van der Waals surface area contributed by atoms with Crippen molar-refractivity contribution in [3.05, 3.63) is 4.88 Å². The summed E-state index contributed by atoms with van der Waals surface area (Å²) in [6, 6.07) is -0.588. The number of aromatic nitrogens is 1. The van der Waals surface area contributed by atoms with Crippen molar-refractivity contribution < 1.29 is 4.79 Å². The third kappa shape index (κ3) is 1.67. The molecule has 2 rings (SSSR count). The molecule has 3 N–H and O–H groups in total. The monoisotopic (exact) mass is 196 g/mol. The fourth-order valence-corrected chi connectivity index (χ4v) is 2.04. The molecular weight excluding hydrogens is 188 g/mol. The van der Waals surface area contributed by atoms with Gasteiger partial charge >= 0.3 is 6.03 Å². The molecule has 0 aromatic carbocycles. The number of amides is 2. The predicted molar refractivity (Wildman–Crippen MR) is 51.8 cm³/mol. The fraction of sp³-hybridized carbons (Fsp3) is 0.286. The molecule has 1 aromatic heterocycles. The van der Waals surface area contributed by atoms with Crippen LogP contribution in [0.2, 0.25) is 0 Å². The van der Waals surface area contributed by atoms with Gasteiger partial charge in [0.05, 0.1) is 4.88 Å². The first-order valence-corrected chi connectivity index (χ1v) is 4.66. The zero-order valence-electron chi connectivity index (χ0n) is 6.78. The molecule has 0 atom stereocenters. The zero-order chi connectivity index (χ0) is 9.26. The first-order chi connectivity index (χ1) is 6.25. The van der Waals surface area contributed by atoms with Crippen LogP contribution in [0, 0.1) is 0 Å². The van der Waals surface area contributed by atoms with Gasteiger partial charge in [-0.25, -0.2) is 14.8 Å². The van der Waals surface area contributed by atoms with Gasteiger partial charge < -0.3 is 5.73 Å². The lowest BCUT2D eigenvalue weighted by molar-refractivity contribution is 0.259. The van der Waals surface area contributed by atoms with Gasteiger partial charge in [0.15, 0.2) is 10.9 Å². The quantitative estimate of drug-likeness (QED) is 0.709. The second-order valence-corrected chi connectivity index (χ2v) is 3.69. The first-order valence-electron chi connectivity index (χ1n) is 3.84. The van der Waals surface area contributed by atoms with Crippen LogP contribution >= 0.6 is 11.3 Å². The molecule has 5 nitrogen and oxygen atoms in total. The summed E-state index contributed by atoms with van der Waals surface area (Å²) in [5, 5.41) is 2.96. The summed E-state index contributed by atoms with van der Waals surface area (Å²) >= 11 is 1.43. The second-order valence-electron chi connectivity index (χ2n) is 2.61. The van der Waals surface area contributed by atoms with E-state index in [1.807, 2.05) is 6.21 Å². The third-order valence-corrected chi connectivity index (χ3v) is 2.64. The van der Waals surface area contributed by atoms with Crippen molar-refractivity contribution in [2.24, 2.45) is 10.7 Å². The van der Waals surface area contributed by atoms with Gasteiger partial charge in [0, 0.05) is 6.21 Å². The van der Waals surface area contributed by atoms with Crippen LogP contribution in [-0.2, 0) is 6.42 Å². The Morgan fingerprint density at radius 2 is 2.54 bits per heavy atom. The summed E-state index contributed by atoms with van der Waals surface area (Å²) in [6.07, 6.45) is 3.71. The number of carbonyl (C=O) groups excluding carboxylic acids is 1. The van der Waals surface area contributed by atoms with Gasteiger partial charge in [-0.2, -0.15) is 0 Å². The van der Waals surface area contributed by atoms with Crippen LogP contribution in [-0.4, -0.2) is 17.2 Å². The standard InChI is InChI=1S/C7H8N4OS/c8-6(12)11-7-10-5-4(13-7)2-1-3-9-5/h3H,1-2H2,(H3,8,10,11,12). The number of carbonyl (C=O) groups is 1. The molecule has 6 heteroatoms. The number of anilines is 1. The van der Waals surface area contributed by atoms with Crippen molar-refractivity contribution in [3.8, 4) is 0 Å². The third-order valence-electron chi connectivity index (χ3n) is 1.62. The van der Waals surface area contributed by atoms with Crippen molar-refractivity contribution in [2.75, 3.05) is 5.32 Å². The summed E-state index contributed by atoms with van der Waals surface area (Å²) in [7, 11) is 0. The summed E-state index contributed by atoms with van der Waals surface area (Å²) < 4.78 is 0. The lowest BCUT2D eigenvalue weighted by Gasteiger charge is -1.98. The Balaban J connectivity index is 2.26. The molecule has 0 saturated heterocycles. The smallest absolute Gasteiger partial charge is 0.318 e. The highest BCUT2D eigenvalue weighted by atomic mass is 32.1. The molecule has 68 valence electrons. The van der Waals surface area contributed by atoms with Gasteiger partial charge in [0.25, 0.3) is 0 Å². The Labute approximate surface area is 78.7 Å². The van der Waals surface area contributed by atoms with Crippen molar-refractivity contribution >= 4 is 34.5 Å². The van der Waals surface area contributed by atoms with E-state index in [9.17, 15) is 4.79 Å². The van der Waals surface area contributed by atoms with Crippen LogP contribution in [0.3, 0.4) is 0 Å². The number of fused-ring (bicyclic) bond motifs is 1. The minimum absolute atomic E-state index is 0.525. The van der Waals surface area contributed by atoms with Gasteiger partial charge in [-0.1, -0.05) is 11.3 Å². The van der Waals surface area contributed by atoms with Crippen molar-refractivity contribution in [1.29, 1.82) is 0 Å². The molecule has 0 saturated carbocycles. The Hall–Kier alpha value is -1.43. The van der Waals surface area contributed by atoms with E-state index in [1.165, 1.54) is 11.3 Å². The average molecular weight is 196 g/mol. The van der Waals surface area contributed by atoms with Crippen LogP contribution in [0.4, 0.5) is 15.7 Å². The normalized spacial score (nSPS) is 13.8. The van der Waals surface area contributed by atoms with Crippen LogP contribution < -0.4 is 11.1 Å². The molecule has 1 aliphatic heterocycles. The van der Waals surface area contributed by atoms with Crippen molar-refractivity contribution in [3.63, 3.8) is 0 Å². The molecule has 0 bridgehead atoms. The van der Waals surface area contributed by atoms with Crippen molar-refractivity contribution in [1.82, 2.24) is 4.98 Å². The number of aliphatic imine (C=N–C) groups is 1. The summed E-state index contributed by atoms with van der Waals surface area (Å²) in [4.78, 5) is 19.8. The zero-order valence-corrected chi connectivity index (χ0v) is 7.60. The Kier molecular flexibility index (Phi) is 1.97. The molecule has 0 aliphatic carbocycles. The molecule has 1 aliphatic rings. The van der Waals surface area contributed by atoms with E-state index in [0.717, 1.165) is 17.7 Å². The molecule has 0 spiro atoms. The van der Waals surface area contributed by atoms with E-state index >= 15 is 0 Å². The van der Waals surface area contributed by atoms with Gasteiger partial charge in [0.2, 0.25) is 0 Å². The Morgan fingerprint density at radius 3 is 3.23 bits per heavy atom. The van der Waals surface area contributed by atoms with Crippen LogP contribution in [0.25, 0.3) is 0 Å². The van der Waals surface area contributed by atoms with E-state index in [-0.39, 0.29) is 0 Å². The molecule has 0 unspecified atom stereocenters. The van der Waals surface area contributed by atoms with Crippen LogP contribution in [0.5, 0.6) is 0 Å². The number of hydrogen-bond acceptors (Lipinski definition) is 4. The van der Waals surface area contributed by atoms with Gasteiger partial charge in [0.1, 0.15) is 0 Å². The maximum Gasteiger partial charge on any atom is 0.318 e. The largest absolute Gasteiger partial charge is 0.351 e. The number of nitrogens with one attached hydrogen (secondary N) is 1.